The average molecular weight is 498 g/mol. The lowest BCUT2D eigenvalue weighted by Crippen LogP contribution is -2.54. The maximum atomic E-state index is 14.1. The van der Waals surface area contributed by atoms with Crippen LogP contribution < -0.4 is 5.32 Å². The number of amides is 2. The molecule has 2 aromatic rings. The van der Waals surface area contributed by atoms with Crippen LogP contribution in [0.1, 0.15) is 12.0 Å². The normalized spacial score (nSPS) is 19.3. The molecule has 0 aromatic heterocycles. The van der Waals surface area contributed by atoms with Crippen molar-refractivity contribution in [2.45, 2.75) is 19.1 Å². The second kappa shape index (κ2) is 9.40. The number of para-hydroxylation sites is 1. The first kappa shape index (κ1) is 23.3. The Morgan fingerprint density at radius 2 is 1.77 bits per heavy atom. The van der Waals surface area contributed by atoms with Crippen LogP contribution in [0.15, 0.2) is 59.1 Å². The summed E-state index contributed by atoms with van der Waals surface area (Å²) in [7, 11) is 1.23. The van der Waals surface area contributed by atoms with Gasteiger partial charge in [0.05, 0.1) is 12.2 Å². The fourth-order valence-electron chi connectivity index (χ4n) is 3.80. The Bertz CT molecular complexity index is 939. The molecule has 2 aromatic carbocycles. The quantitative estimate of drug-likeness (QED) is 0.647. The first-order valence-corrected chi connectivity index (χ1v) is 10.5. The number of likely N-dealkylation sites (tertiary alicyclic amines) is 1. The zero-order valence-corrected chi connectivity index (χ0v) is 18.5. The van der Waals surface area contributed by atoms with Gasteiger partial charge in [0.2, 0.25) is 11.8 Å². The van der Waals surface area contributed by atoms with E-state index in [1.807, 2.05) is 30.3 Å². The van der Waals surface area contributed by atoms with E-state index in [0.717, 1.165) is 10.5 Å². The molecule has 1 aliphatic heterocycles. The maximum absolute atomic E-state index is 14.1. The topological polar surface area (TPSA) is 52.7 Å². The Labute approximate surface area is 187 Å². The number of anilines is 1. The summed E-state index contributed by atoms with van der Waals surface area (Å²) in [5, 5.41) is 2.61. The van der Waals surface area contributed by atoms with Gasteiger partial charge in [0.15, 0.2) is 5.41 Å². The Hall–Kier alpha value is -2.39. The molecule has 1 heterocycles. The number of hydrogen-bond acceptors (Lipinski definition) is 3. The molecule has 9 heteroatoms. The molecule has 1 aliphatic rings. The van der Waals surface area contributed by atoms with Crippen LogP contribution in [0.2, 0.25) is 0 Å². The largest absolute Gasteiger partial charge is 0.404 e. The summed E-state index contributed by atoms with van der Waals surface area (Å²) in [5.41, 5.74) is -1.16. The zero-order valence-electron chi connectivity index (χ0n) is 17.0. The van der Waals surface area contributed by atoms with Crippen LogP contribution >= 0.6 is 15.9 Å². The number of hydrogen-bond donors (Lipinski definition) is 1. The number of benzene rings is 2. The number of alkyl halides is 3. The molecule has 0 radical (unpaired) electrons. The third kappa shape index (κ3) is 5.27. The van der Waals surface area contributed by atoms with Crippen LogP contribution in [0.25, 0.3) is 0 Å². The summed E-state index contributed by atoms with van der Waals surface area (Å²) in [6.45, 7) is -0.424. The summed E-state index contributed by atoms with van der Waals surface area (Å²) in [4.78, 5) is 27.8. The SMILES string of the molecule is CN(CC(=O)Nc1ccccc1Br)C(=O)C1(C(F)(F)F)CCN(Cc2ccccc2)C1. The van der Waals surface area contributed by atoms with Crippen LogP contribution in [0.3, 0.4) is 0 Å². The Morgan fingerprint density at radius 3 is 2.42 bits per heavy atom. The minimum atomic E-state index is -4.72. The van der Waals surface area contributed by atoms with Crippen molar-refractivity contribution in [2.75, 3.05) is 32.0 Å². The van der Waals surface area contributed by atoms with Gasteiger partial charge in [0.25, 0.3) is 0 Å². The van der Waals surface area contributed by atoms with Crippen molar-refractivity contribution in [1.82, 2.24) is 9.80 Å². The van der Waals surface area contributed by atoms with Crippen molar-refractivity contribution in [1.29, 1.82) is 0 Å². The van der Waals surface area contributed by atoms with Gasteiger partial charge in [-0.05, 0) is 46.6 Å². The molecule has 0 saturated carbocycles. The molecule has 166 valence electrons. The lowest BCUT2D eigenvalue weighted by atomic mass is 9.84. The second-order valence-electron chi connectivity index (χ2n) is 7.72. The molecule has 2 amide bonds. The van der Waals surface area contributed by atoms with Crippen LogP contribution in [0.4, 0.5) is 18.9 Å². The van der Waals surface area contributed by atoms with Crippen LogP contribution in [0, 0.1) is 5.41 Å². The van der Waals surface area contributed by atoms with Gasteiger partial charge in [-0.2, -0.15) is 13.2 Å². The molecule has 1 saturated heterocycles. The third-order valence-electron chi connectivity index (χ3n) is 5.42. The summed E-state index contributed by atoms with van der Waals surface area (Å²) in [5.74, 6) is -1.66. The molecule has 0 bridgehead atoms. The smallest absolute Gasteiger partial charge is 0.336 e. The van der Waals surface area contributed by atoms with Crippen LogP contribution in [-0.4, -0.2) is 54.5 Å². The lowest BCUT2D eigenvalue weighted by molar-refractivity contribution is -0.223. The summed E-state index contributed by atoms with van der Waals surface area (Å²) < 4.78 is 42.9. The van der Waals surface area contributed by atoms with Gasteiger partial charge < -0.3 is 10.2 Å². The van der Waals surface area contributed by atoms with Crippen molar-refractivity contribution >= 4 is 33.4 Å². The highest BCUT2D eigenvalue weighted by atomic mass is 79.9. The molecule has 1 N–H and O–H groups in total. The number of rotatable bonds is 6. The van der Waals surface area contributed by atoms with E-state index in [-0.39, 0.29) is 13.0 Å². The predicted molar refractivity (Wildman–Crippen MR) is 115 cm³/mol. The summed E-state index contributed by atoms with van der Waals surface area (Å²) >= 11 is 3.29. The number of likely N-dealkylation sites (N-methyl/N-ethyl adjacent to an activating group) is 1. The van der Waals surface area contributed by atoms with Gasteiger partial charge in [0, 0.05) is 24.6 Å². The maximum Gasteiger partial charge on any atom is 0.404 e. The molecule has 1 fully saturated rings. The first-order chi connectivity index (χ1) is 14.6. The molecule has 3 rings (SSSR count). The Balaban J connectivity index is 1.69. The number of nitrogens with zero attached hydrogens (tertiary/aromatic N) is 2. The first-order valence-electron chi connectivity index (χ1n) is 9.75. The highest BCUT2D eigenvalue weighted by Gasteiger charge is 2.63. The Morgan fingerprint density at radius 1 is 1.13 bits per heavy atom. The van der Waals surface area contributed by atoms with E-state index in [0.29, 0.717) is 16.7 Å². The van der Waals surface area contributed by atoms with Gasteiger partial charge in [-0.15, -0.1) is 0 Å². The summed E-state index contributed by atoms with van der Waals surface area (Å²) in [6.07, 6.45) is -5.05. The molecule has 0 aliphatic carbocycles. The van der Waals surface area contributed by atoms with E-state index in [1.165, 1.54) is 7.05 Å². The van der Waals surface area contributed by atoms with Crippen LogP contribution in [0.5, 0.6) is 0 Å². The molecule has 31 heavy (non-hydrogen) atoms. The molecule has 5 nitrogen and oxygen atoms in total. The van der Waals surface area contributed by atoms with Crippen molar-refractivity contribution in [2.24, 2.45) is 5.41 Å². The van der Waals surface area contributed by atoms with Gasteiger partial charge in [0.1, 0.15) is 0 Å². The third-order valence-corrected chi connectivity index (χ3v) is 6.12. The monoisotopic (exact) mass is 497 g/mol. The van der Waals surface area contributed by atoms with Crippen LogP contribution in [-0.2, 0) is 16.1 Å². The number of nitrogens with one attached hydrogen (secondary N) is 1. The van der Waals surface area contributed by atoms with E-state index >= 15 is 0 Å². The van der Waals surface area contributed by atoms with E-state index in [9.17, 15) is 22.8 Å². The molecule has 1 atom stereocenters. The summed E-state index contributed by atoms with van der Waals surface area (Å²) in [6, 6.07) is 16.0. The van der Waals surface area contributed by atoms with Crippen molar-refractivity contribution in [3.05, 3.63) is 64.6 Å². The van der Waals surface area contributed by atoms with Gasteiger partial charge in [-0.1, -0.05) is 42.5 Å². The molecular weight excluding hydrogens is 475 g/mol. The fourth-order valence-corrected chi connectivity index (χ4v) is 4.18. The van der Waals surface area contributed by atoms with Gasteiger partial charge in [-0.3, -0.25) is 14.5 Å². The van der Waals surface area contributed by atoms with E-state index in [4.69, 9.17) is 0 Å². The lowest BCUT2D eigenvalue weighted by Gasteiger charge is -2.34. The number of carbonyl (C=O) groups excluding carboxylic acids is 2. The predicted octanol–water partition coefficient (Wildman–Crippen LogP) is 4.30. The van der Waals surface area contributed by atoms with Gasteiger partial charge in [-0.25, -0.2) is 0 Å². The van der Waals surface area contributed by atoms with E-state index in [1.54, 1.807) is 29.2 Å². The minimum Gasteiger partial charge on any atom is -0.336 e. The fraction of sp³-hybridized carbons (Fsp3) is 0.364. The van der Waals surface area contributed by atoms with Gasteiger partial charge >= 0.3 is 6.18 Å². The van der Waals surface area contributed by atoms with Crippen molar-refractivity contribution < 1.29 is 22.8 Å². The number of halogens is 4. The standard InChI is InChI=1S/C22H23BrF3N3O2/c1-28(14-19(30)27-18-10-6-5-9-17(18)23)20(31)21(22(24,25)26)11-12-29(15-21)13-16-7-3-2-4-8-16/h2-10H,11-15H2,1H3,(H,27,30). The average Bonchev–Trinajstić information content (AvgIpc) is 3.15. The minimum absolute atomic E-state index is 0.150. The van der Waals surface area contributed by atoms with Crippen molar-refractivity contribution in [3.8, 4) is 0 Å². The Kier molecular flexibility index (Phi) is 7.06. The zero-order chi connectivity index (χ0) is 22.6. The number of carbonyl (C=O) groups is 2. The van der Waals surface area contributed by atoms with E-state index < -0.39 is 36.5 Å². The van der Waals surface area contributed by atoms with Crippen molar-refractivity contribution in [3.63, 3.8) is 0 Å². The highest BCUT2D eigenvalue weighted by Crippen LogP contribution is 2.47. The highest BCUT2D eigenvalue weighted by molar-refractivity contribution is 9.10. The second-order valence-corrected chi connectivity index (χ2v) is 8.57. The van der Waals surface area contributed by atoms with E-state index in [2.05, 4.69) is 21.2 Å². The molecule has 0 spiro atoms. The molecular formula is C22H23BrF3N3O2. The molecule has 1 unspecified atom stereocenters.